The molecular weight excluding hydrogens is 612 g/mol. The Kier molecular flexibility index (Phi) is 4.91. The molecule has 0 N–H and O–H groups in total. The SMILES string of the molecule is O=C1[C@H]2[C@H](C(=O)N1c1ccc(-c3ccc([N+](=O)[O-])cc3)cc1)C1(Br)c3ccccc3C2(Br)c2ccccc21. The lowest BCUT2D eigenvalue weighted by Crippen LogP contribution is -2.56. The zero-order valence-electron chi connectivity index (χ0n) is 19.7. The molecule has 1 saturated heterocycles. The molecule has 3 aliphatic carbocycles. The first kappa shape index (κ1) is 23.5. The Morgan fingerprint density at radius 1 is 0.632 bits per heavy atom. The summed E-state index contributed by atoms with van der Waals surface area (Å²) in [5.41, 5.74) is 6.13. The fraction of sp³-hybridized carbons (Fsp3) is 0.133. The zero-order valence-corrected chi connectivity index (χ0v) is 22.8. The number of benzene rings is 4. The smallest absolute Gasteiger partial charge is 0.269 e. The minimum atomic E-state index is -0.833. The molecule has 8 rings (SSSR count). The molecule has 0 spiro atoms. The van der Waals surface area contributed by atoms with Crippen LogP contribution in [0.5, 0.6) is 0 Å². The van der Waals surface area contributed by atoms with E-state index in [1.54, 1.807) is 24.3 Å². The summed E-state index contributed by atoms with van der Waals surface area (Å²) in [7, 11) is 0. The largest absolute Gasteiger partial charge is 0.274 e. The number of imide groups is 1. The lowest BCUT2D eigenvalue weighted by Gasteiger charge is -2.55. The first-order valence-corrected chi connectivity index (χ1v) is 13.7. The van der Waals surface area contributed by atoms with Gasteiger partial charge in [-0.25, -0.2) is 4.90 Å². The van der Waals surface area contributed by atoms with E-state index >= 15 is 0 Å². The number of anilines is 1. The highest BCUT2D eigenvalue weighted by molar-refractivity contribution is 9.10. The van der Waals surface area contributed by atoms with Crippen molar-refractivity contribution < 1.29 is 14.5 Å². The van der Waals surface area contributed by atoms with Crippen molar-refractivity contribution in [3.8, 4) is 11.1 Å². The van der Waals surface area contributed by atoms with Crippen molar-refractivity contribution in [2.24, 2.45) is 11.8 Å². The fourth-order valence-corrected chi connectivity index (χ4v) is 8.80. The lowest BCUT2D eigenvalue weighted by molar-refractivity contribution is -0.384. The van der Waals surface area contributed by atoms with Crippen LogP contribution in [0.1, 0.15) is 22.3 Å². The van der Waals surface area contributed by atoms with Crippen LogP contribution in [0.4, 0.5) is 11.4 Å². The van der Waals surface area contributed by atoms with Gasteiger partial charge in [0.15, 0.2) is 0 Å². The molecule has 2 bridgehead atoms. The molecule has 6 nitrogen and oxygen atoms in total. The number of amides is 2. The summed E-state index contributed by atoms with van der Waals surface area (Å²) in [4.78, 5) is 40.2. The Morgan fingerprint density at radius 2 is 1.00 bits per heavy atom. The van der Waals surface area contributed by atoms with Gasteiger partial charge in [-0.2, -0.15) is 0 Å². The predicted octanol–water partition coefficient (Wildman–Crippen LogP) is 6.67. The first-order chi connectivity index (χ1) is 18.3. The standard InChI is InChI=1S/C30H18Br2N2O4/c31-29-21-5-1-2-6-22(21)30(32,24-8-4-3-7-23(24)29)26-25(29)27(35)33(28(26)36)19-13-9-17(10-14-19)18-11-15-20(16-12-18)34(37)38/h1-16,25-26H/t25-,26-,29?,30?/m1/s1. The van der Waals surface area contributed by atoms with Crippen molar-refractivity contribution in [2.45, 2.75) is 8.65 Å². The number of carbonyl (C=O) groups excluding carboxylic acids is 2. The molecule has 0 aromatic heterocycles. The van der Waals surface area contributed by atoms with Crippen LogP contribution in [-0.2, 0) is 18.2 Å². The third-order valence-electron chi connectivity index (χ3n) is 8.12. The van der Waals surface area contributed by atoms with Crippen LogP contribution in [0.25, 0.3) is 11.1 Å². The highest BCUT2D eigenvalue weighted by Gasteiger charge is 2.72. The number of rotatable bonds is 3. The summed E-state index contributed by atoms with van der Waals surface area (Å²) >= 11 is 8.04. The second-order valence-corrected chi connectivity index (χ2v) is 12.3. The molecule has 2 atom stereocenters. The normalized spacial score (nSPS) is 26.6. The van der Waals surface area contributed by atoms with E-state index in [1.807, 2.05) is 60.7 Å². The summed E-state index contributed by atoms with van der Waals surface area (Å²) in [6.07, 6.45) is 0. The number of nitro benzene ring substituents is 1. The van der Waals surface area contributed by atoms with Gasteiger partial charge in [-0.3, -0.25) is 19.7 Å². The van der Waals surface area contributed by atoms with Gasteiger partial charge in [0.05, 0.1) is 31.1 Å². The van der Waals surface area contributed by atoms with Crippen LogP contribution in [0.15, 0.2) is 97.1 Å². The van der Waals surface area contributed by atoms with E-state index in [1.165, 1.54) is 17.0 Å². The number of carbonyl (C=O) groups is 2. The van der Waals surface area contributed by atoms with E-state index in [-0.39, 0.29) is 17.5 Å². The van der Waals surface area contributed by atoms with Crippen LogP contribution in [0.3, 0.4) is 0 Å². The molecule has 1 heterocycles. The minimum absolute atomic E-state index is 0.0188. The van der Waals surface area contributed by atoms with Crippen molar-refractivity contribution in [2.75, 3.05) is 4.90 Å². The number of non-ortho nitro benzene ring substituents is 1. The van der Waals surface area contributed by atoms with Crippen LogP contribution in [0, 0.1) is 22.0 Å². The van der Waals surface area contributed by atoms with Gasteiger partial charge in [-0.05, 0) is 57.6 Å². The summed E-state index contributed by atoms with van der Waals surface area (Å²) < 4.78 is -1.67. The molecule has 186 valence electrons. The maximum Gasteiger partial charge on any atom is 0.269 e. The van der Waals surface area contributed by atoms with Gasteiger partial charge in [0, 0.05) is 12.1 Å². The molecule has 0 unspecified atom stereocenters. The Balaban J connectivity index is 1.33. The van der Waals surface area contributed by atoms with E-state index in [0.29, 0.717) is 5.69 Å². The van der Waals surface area contributed by atoms with Crippen molar-refractivity contribution in [3.63, 3.8) is 0 Å². The van der Waals surface area contributed by atoms with Crippen molar-refractivity contribution in [1.29, 1.82) is 0 Å². The van der Waals surface area contributed by atoms with Gasteiger partial charge in [0.1, 0.15) is 0 Å². The van der Waals surface area contributed by atoms with Gasteiger partial charge in [0.25, 0.3) is 5.69 Å². The van der Waals surface area contributed by atoms with Crippen molar-refractivity contribution in [3.05, 3.63) is 129 Å². The predicted molar refractivity (Wildman–Crippen MR) is 150 cm³/mol. The maximum absolute atomic E-state index is 14.2. The van der Waals surface area contributed by atoms with Crippen molar-refractivity contribution in [1.82, 2.24) is 0 Å². The Hall–Kier alpha value is -3.62. The number of alkyl halides is 2. The van der Waals surface area contributed by atoms with Crippen LogP contribution in [0.2, 0.25) is 0 Å². The second kappa shape index (κ2) is 7.94. The van der Waals surface area contributed by atoms with E-state index in [2.05, 4.69) is 31.9 Å². The molecule has 4 aliphatic rings. The quantitative estimate of drug-likeness (QED) is 0.110. The number of nitro groups is 1. The monoisotopic (exact) mass is 628 g/mol. The Labute approximate surface area is 234 Å². The van der Waals surface area contributed by atoms with E-state index in [9.17, 15) is 19.7 Å². The fourth-order valence-electron chi connectivity index (χ4n) is 6.50. The first-order valence-electron chi connectivity index (χ1n) is 12.1. The molecule has 0 radical (unpaired) electrons. The Bertz CT molecular complexity index is 1560. The average Bonchev–Trinajstić information content (AvgIpc) is 3.22. The van der Waals surface area contributed by atoms with Gasteiger partial charge < -0.3 is 0 Å². The van der Waals surface area contributed by atoms with Gasteiger partial charge in [-0.15, -0.1) is 0 Å². The third-order valence-corrected chi connectivity index (χ3v) is 10.8. The molecule has 8 heteroatoms. The second-order valence-electron chi connectivity index (χ2n) is 9.83. The van der Waals surface area contributed by atoms with Gasteiger partial charge in [-0.1, -0.05) is 92.5 Å². The van der Waals surface area contributed by atoms with E-state index in [4.69, 9.17) is 0 Å². The van der Waals surface area contributed by atoms with Crippen molar-refractivity contribution >= 4 is 55.0 Å². The molecule has 1 aliphatic heterocycles. The number of hydrogen-bond acceptors (Lipinski definition) is 4. The number of halogens is 2. The van der Waals surface area contributed by atoms with E-state index in [0.717, 1.165) is 33.4 Å². The molecule has 4 aromatic carbocycles. The van der Waals surface area contributed by atoms with E-state index < -0.39 is 25.4 Å². The Morgan fingerprint density at radius 3 is 1.37 bits per heavy atom. The van der Waals surface area contributed by atoms with Gasteiger partial charge in [0.2, 0.25) is 11.8 Å². The molecule has 0 saturated carbocycles. The summed E-state index contributed by atoms with van der Waals surface area (Å²) in [5.74, 6) is -1.75. The summed E-state index contributed by atoms with van der Waals surface area (Å²) in [6.45, 7) is 0. The highest BCUT2D eigenvalue weighted by Crippen LogP contribution is 2.70. The molecule has 38 heavy (non-hydrogen) atoms. The van der Waals surface area contributed by atoms with Crippen LogP contribution >= 0.6 is 31.9 Å². The average molecular weight is 630 g/mol. The lowest BCUT2D eigenvalue weighted by atomic mass is 9.54. The number of nitrogens with zero attached hydrogens (tertiary/aromatic N) is 2. The molecular formula is C30H18Br2N2O4. The van der Waals surface area contributed by atoms with Crippen LogP contribution < -0.4 is 4.90 Å². The summed E-state index contributed by atoms with van der Waals surface area (Å²) in [6, 6.07) is 29.4. The highest BCUT2D eigenvalue weighted by atomic mass is 79.9. The molecule has 1 fully saturated rings. The third kappa shape index (κ3) is 2.82. The minimum Gasteiger partial charge on any atom is -0.274 e. The maximum atomic E-state index is 14.2. The number of hydrogen-bond donors (Lipinski definition) is 0. The molecule has 4 aromatic rings. The van der Waals surface area contributed by atoms with Gasteiger partial charge >= 0.3 is 0 Å². The van der Waals surface area contributed by atoms with Crippen LogP contribution in [-0.4, -0.2) is 16.7 Å². The zero-order chi connectivity index (χ0) is 26.4. The topological polar surface area (TPSA) is 80.5 Å². The summed E-state index contributed by atoms with van der Waals surface area (Å²) in [5, 5.41) is 11.0. The molecule has 2 amide bonds.